The molecular formula is C14H17ClN2O3. The Labute approximate surface area is 122 Å². The Morgan fingerprint density at radius 3 is 2.95 bits per heavy atom. The Morgan fingerprint density at radius 2 is 2.25 bits per heavy atom. The summed E-state index contributed by atoms with van der Waals surface area (Å²) in [4.78, 5) is 25.5. The van der Waals surface area contributed by atoms with Crippen LogP contribution in [-0.4, -0.2) is 47.6 Å². The Morgan fingerprint density at radius 1 is 1.45 bits per heavy atom. The van der Waals surface area contributed by atoms with Gasteiger partial charge in [-0.05, 0) is 31.0 Å². The highest BCUT2D eigenvalue weighted by Gasteiger charge is 2.27. The number of carbonyl (C=O) groups is 2. The van der Waals surface area contributed by atoms with E-state index in [9.17, 15) is 14.7 Å². The van der Waals surface area contributed by atoms with E-state index in [1.165, 1.54) is 0 Å². The van der Waals surface area contributed by atoms with Crippen LogP contribution in [-0.2, 0) is 4.79 Å². The molecule has 1 aliphatic rings. The van der Waals surface area contributed by atoms with Gasteiger partial charge in [0, 0.05) is 17.1 Å². The highest BCUT2D eigenvalue weighted by Crippen LogP contribution is 2.16. The van der Waals surface area contributed by atoms with E-state index in [0.29, 0.717) is 17.1 Å². The van der Waals surface area contributed by atoms with Gasteiger partial charge in [-0.25, -0.2) is 0 Å². The van der Waals surface area contributed by atoms with Crippen molar-refractivity contribution in [3.05, 3.63) is 34.9 Å². The lowest BCUT2D eigenvalue weighted by molar-refractivity contribution is -0.131. The minimum Gasteiger partial charge on any atom is -0.394 e. The Balaban J connectivity index is 1.88. The molecule has 0 aromatic heterocycles. The molecule has 0 aliphatic carbocycles. The molecule has 1 aromatic carbocycles. The maximum atomic E-state index is 12.0. The summed E-state index contributed by atoms with van der Waals surface area (Å²) in [6, 6.07) is 6.43. The molecule has 1 aromatic rings. The number of aliphatic hydroxyl groups is 1. The van der Waals surface area contributed by atoms with Crippen molar-refractivity contribution in [2.45, 2.75) is 18.9 Å². The second-order valence-corrected chi connectivity index (χ2v) is 5.20. The third-order valence-electron chi connectivity index (χ3n) is 3.40. The fraction of sp³-hybridized carbons (Fsp3) is 0.429. The molecule has 1 aliphatic heterocycles. The second kappa shape index (κ2) is 6.72. The number of rotatable bonds is 4. The highest BCUT2D eigenvalue weighted by molar-refractivity contribution is 6.30. The van der Waals surface area contributed by atoms with Crippen LogP contribution in [0.1, 0.15) is 23.2 Å². The van der Waals surface area contributed by atoms with Crippen LogP contribution in [0.25, 0.3) is 0 Å². The number of benzene rings is 1. The molecule has 0 bridgehead atoms. The van der Waals surface area contributed by atoms with Gasteiger partial charge in [0.05, 0.1) is 19.2 Å². The van der Waals surface area contributed by atoms with Gasteiger partial charge in [-0.1, -0.05) is 17.7 Å². The van der Waals surface area contributed by atoms with Crippen molar-refractivity contribution < 1.29 is 14.7 Å². The Hall–Kier alpha value is -1.59. The van der Waals surface area contributed by atoms with E-state index in [2.05, 4.69) is 5.32 Å². The van der Waals surface area contributed by atoms with Crippen molar-refractivity contribution >= 4 is 23.4 Å². The molecule has 0 spiro atoms. The molecule has 5 nitrogen and oxygen atoms in total. The minimum absolute atomic E-state index is 0.0338. The summed E-state index contributed by atoms with van der Waals surface area (Å²) >= 11 is 5.81. The van der Waals surface area contributed by atoms with Crippen LogP contribution in [0.3, 0.4) is 0 Å². The normalized spacial score (nSPS) is 18.1. The third-order valence-corrected chi connectivity index (χ3v) is 3.63. The topological polar surface area (TPSA) is 69.6 Å². The molecule has 2 N–H and O–H groups in total. The predicted molar refractivity (Wildman–Crippen MR) is 75.6 cm³/mol. The van der Waals surface area contributed by atoms with Crippen molar-refractivity contribution in [3.63, 3.8) is 0 Å². The summed E-state index contributed by atoms with van der Waals surface area (Å²) in [7, 11) is 0. The predicted octanol–water partition coefficient (Wildman–Crippen LogP) is 1.05. The SMILES string of the molecule is O=C(NCC(=O)N1CCC[C@@H]1CO)c1cccc(Cl)c1. The summed E-state index contributed by atoms with van der Waals surface area (Å²) in [5.74, 6) is -0.502. The van der Waals surface area contributed by atoms with Crippen molar-refractivity contribution in [3.8, 4) is 0 Å². The van der Waals surface area contributed by atoms with Crippen LogP contribution < -0.4 is 5.32 Å². The van der Waals surface area contributed by atoms with E-state index in [4.69, 9.17) is 11.6 Å². The summed E-state index contributed by atoms with van der Waals surface area (Å²) < 4.78 is 0. The van der Waals surface area contributed by atoms with Gasteiger partial charge in [-0.15, -0.1) is 0 Å². The number of halogens is 1. The summed E-state index contributed by atoms with van der Waals surface area (Å²) in [6.07, 6.45) is 1.70. The van der Waals surface area contributed by atoms with Gasteiger partial charge in [0.25, 0.3) is 5.91 Å². The molecule has 1 fully saturated rings. The van der Waals surface area contributed by atoms with Gasteiger partial charge in [0.1, 0.15) is 0 Å². The maximum absolute atomic E-state index is 12.0. The largest absolute Gasteiger partial charge is 0.394 e. The third kappa shape index (κ3) is 3.49. The zero-order chi connectivity index (χ0) is 14.5. The molecule has 0 radical (unpaired) electrons. The first kappa shape index (κ1) is 14.8. The number of nitrogens with zero attached hydrogens (tertiary/aromatic N) is 1. The van der Waals surface area contributed by atoms with Crippen molar-refractivity contribution in [1.29, 1.82) is 0 Å². The first-order valence-corrected chi connectivity index (χ1v) is 6.93. The lowest BCUT2D eigenvalue weighted by Crippen LogP contribution is -2.43. The molecule has 20 heavy (non-hydrogen) atoms. The summed E-state index contributed by atoms with van der Waals surface area (Å²) in [5, 5.41) is 12.2. The first-order chi connectivity index (χ1) is 9.61. The van der Waals surface area contributed by atoms with E-state index in [0.717, 1.165) is 12.8 Å². The average Bonchev–Trinajstić information content (AvgIpc) is 2.92. The number of likely N-dealkylation sites (tertiary alicyclic amines) is 1. The van der Waals surface area contributed by atoms with Crippen molar-refractivity contribution in [2.24, 2.45) is 0 Å². The van der Waals surface area contributed by atoms with Crippen LogP contribution in [0.5, 0.6) is 0 Å². The van der Waals surface area contributed by atoms with E-state index < -0.39 is 0 Å². The number of hydrogen-bond acceptors (Lipinski definition) is 3. The zero-order valence-corrected chi connectivity index (χ0v) is 11.8. The van der Waals surface area contributed by atoms with Gasteiger partial charge < -0.3 is 15.3 Å². The van der Waals surface area contributed by atoms with Gasteiger partial charge >= 0.3 is 0 Å². The average molecular weight is 297 g/mol. The van der Waals surface area contributed by atoms with E-state index in [-0.39, 0.29) is 31.0 Å². The molecular weight excluding hydrogens is 280 g/mol. The standard InChI is InChI=1S/C14H17ClN2O3/c15-11-4-1-3-10(7-11)14(20)16-8-13(19)17-6-2-5-12(17)9-18/h1,3-4,7,12,18H,2,5-6,8-9H2,(H,16,20)/t12-/m1/s1. The zero-order valence-electron chi connectivity index (χ0n) is 11.0. The van der Waals surface area contributed by atoms with Crippen LogP contribution in [0.2, 0.25) is 5.02 Å². The number of aliphatic hydroxyl groups excluding tert-OH is 1. The number of nitrogens with one attached hydrogen (secondary N) is 1. The molecule has 0 saturated carbocycles. The fourth-order valence-electron chi connectivity index (χ4n) is 2.34. The van der Waals surface area contributed by atoms with Gasteiger partial charge in [0.15, 0.2) is 0 Å². The molecule has 6 heteroatoms. The van der Waals surface area contributed by atoms with Gasteiger partial charge in [-0.3, -0.25) is 9.59 Å². The van der Waals surface area contributed by atoms with E-state index >= 15 is 0 Å². The second-order valence-electron chi connectivity index (χ2n) is 4.76. The molecule has 2 amide bonds. The fourth-order valence-corrected chi connectivity index (χ4v) is 2.53. The quantitative estimate of drug-likeness (QED) is 0.873. The van der Waals surface area contributed by atoms with Gasteiger partial charge in [0.2, 0.25) is 5.91 Å². The smallest absolute Gasteiger partial charge is 0.251 e. The summed E-state index contributed by atoms with van der Waals surface area (Å²) in [6.45, 7) is 0.535. The minimum atomic E-state index is -0.333. The lowest BCUT2D eigenvalue weighted by Gasteiger charge is -2.23. The lowest BCUT2D eigenvalue weighted by atomic mass is 10.2. The molecule has 108 valence electrons. The van der Waals surface area contributed by atoms with Crippen LogP contribution in [0.15, 0.2) is 24.3 Å². The Kier molecular flexibility index (Phi) is 4.98. The number of carbonyl (C=O) groups excluding carboxylic acids is 2. The number of amides is 2. The van der Waals surface area contributed by atoms with Crippen molar-refractivity contribution in [1.82, 2.24) is 10.2 Å². The number of hydrogen-bond donors (Lipinski definition) is 2. The van der Waals surface area contributed by atoms with Crippen LogP contribution >= 0.6 is 11.6 Å². The van der Waals surface area contributed by atoms with E-state index in [1.54, 1.807) is 29.2 Å². The first-order valence-electron chi connectivity index (χ1n) is 6.56. The molecule has 0 unspecified atom stereocenters. The molecule has 2 rings (SSSR count). The van der Waals surface area contributed by atoms with Crippen LogP contribution in [0, 0.1) is 0 Å². The van der Waals surface area contributed by atoms with Crippen molar-refractivity contribution in [2.75, 3.05) is 19.7 Å². The highest BCUT2D eigenvalue weighted by atomic mass is 35.5. The van der Waals surface area contributed by atoms with E-state index in [1.807, 2.05) is 0 Å². The Bertz CT molecular complexity index is 507. The summed E-state index contributed by atoms with van der Waals surface area (Å²) in [5.41, 5.74) is 0.422. The van der Waals surface area contributed by atoms with Gasteiger partial charge in [-0.2, -0.15) is 0 Å². The maximum Gasteiger partial charge on any atom is 0.251 e. The molecule has 1 heterocycles. The van der Waals surface area contributed by atoms with Crippen LogP contribution in [0.4, 0.5) is 0 Å². The molecule has 1 saturated heterocycles. The molecule has 1 atom stereocenters. The monoisotopic (exact) mass is 296 g/mol.